The van der Waals surface area contributed by atoms with Crippen molar-refractivity contribution in [2.75, 3.05) is 0 Å². The first kappa shape index (κ1) is 9.52. The fraction of sp³-hybridized carbons (Fsp3) is 0. The van der Waals surface area contributed by atoms with Gasteiger partial charge in [0.05, 0.1) is 24.8 Å². The molecule has 0 bridgehead atoms. The quantitative estimate of drug-likeness (QED) is 0.661. The molecule has 0 N–H and O–H groups in total. The van der Waals surface area contributed by atoms with Crippen molar-refractivity contribution in [3.05, 3.63) is 36.9 Å². The van der Waals surface area contributed by atoms with Gasteiger partial charge in [0, 0.05) is 0 Å². The molecule has 0 aliphatic rings. The molecular formula is C6H6N4O4S. The van der Waals surface area contributed by atoms with E-state index in [9.17, 15) is 8.42 Å². The van der Waals surface area contributed by atoms with Crippen LogP contribution in [0.2, 0.25) is 0 Å². The highest BCUT2D eigenvalue weighted by Gasteiger charge is 2.16. The van der Waals surface area contributed by atoms with E-state index in [-0.39, 0.29) is 0 Å². The third kappa shape index (κ3) is 2.47. The van der Waals surface area contributed by atoms with E-state index < -0.39 is 10.4 Å². The lowest BCUT2D eigenvalue weighted by molar-refractivity contribution is 0.151. The number of rotatable bonds is 4. The Kier molecular flexibility index (Phi) is 2.29. The van der Waals surface area contributed by atoms with Crippen molar-refractivity contribution in [1.29, 1.82) is 0 Å². The average molecular weight is 230 g/mol. The minimum atomic E-state index is -4.23. The molecule has 0 unspecified atom stereocenters. The van der Waals surface area contributed by atoms with Gasteiger partial charge in [-0.3, -0.25) is 0 Å². The predicted molar refractivity (Wildman–Crippen MR) is 46.5 cm³/mol. The highest BCUT2D eigenvalue weighted by Crippen LogP contribution is 1.89. The topological polar surface area (TPSA) is 88.2 Å². The second-order valence-corrected chi connectivity index (χ2v) is 3.49. The molecule has 0 aliphatic heterocycles. The molecule has 9 heteroatoms. The fourth-order valence-electron chi connectivity index (χ4n) is 0.798. The highest BCUT2D eigenvalue weighted by molar-refractivity contribution is 7.82. The van der Waals surface area contributed by atoms with Crippen molar-refractivity contribution >= 4 is 10.4 Å². The molecule has 0 atom stereocenters. The van der Waals surface area contributed by atoms with Gasteiger partial charge in [-0.2, -0.15) is 0 Å². The summed E-state index contributed by atoms with van der Waals surface area (Å²) in [4.78, 5) is 1.50. The van der Waals surface area contributed by atoms with Crippen LogP contribution in [0.25, 0.3) is 0 Å². The normalized spacial score (nSPS) is 11.2. The minimum Gasteiger partial charge on any atom is -0.238 e. The van der Waals surface area contributed by atoms with Gasteiger partial charge in [-0.15, -0.1) is 18.6 Å². The summed E-state index contributed by atoms with van der Waals surface area (Å²) in [6.45, 7) is 0. The summed E-state index contributed by atoms with van der Waals surface area (Å²) in [7, 11) is -4.23. The van der Waals surface area contributed by atoms with Gasteiger partial charge in [-0.1, -0.05) is 9.69 Å². The molecule has 0 fully saturated rings. The summed E-state index contributed by atoms with van der Waals surface area (Å²) >= 11 is 0. The molecule has 0 radical (unpaired) electrons. The molecule has 80 valence electrons. The standard InChI is InChI=1S/C6H6N4O4S/c11-15(12,13-9-5-1-3-7-9)14-10-6-2-4-8-10/h1-6H. The summed E-state index contributed by atoms with van der Waals surface area (Å²) in [6, 6.07) is 3.01. The minimum absolute atomic E-state index is 0.749. The van der Waals surface area contributed by atoms with Crippen molar-refractivity contribution in [1.82, 2.24) is 19.9 Å². The maximum absolute atomic E-state index is 11.2. The molecular weight excluding hydrogens is 224 g/mol. The van der Waals surface area contributed by atoms with Crippen LogP contribution in [0, 0.1) is 0 Å². The second-order valence-electron chi connectivity index (χ2n) is 2.37. The Bertz CT molecular complexity index is 461. The van der Waals surface area contributed by atoms with Gasteiger partial charge in [-0.25, -0.2) is 8.57 Å². The summed E-state index contributed by atoms with van der Waals surface area (Å²) in [5.41, 5.74) is 0. The number of nitrogens with zero attached hydrogens (tertiary/aromatic N) is 4. The maximum atomic E-state index is 11.2. The Labute approximate surface area is 84.9 Å². The van der Waals surface area contributed by atoms with Crippen molar-refractivity contribution in [3.63, 3.8) is 0 Å². The van der Waals surface area contributed by atoms with Crippen LogP contribution in [0.3, 0.4) is 0 Å². The molecule has 2 aromatic heterocycles. The zero-order valence-electron chi connectivity index (χ0n) is 7.29. The van der Waals surface area contributed by atoms with E-state index in [0.717, 1.165) is 9.69 Å². The van der Waals surface area contributed by atoms with Crippen molar-refractivity contribution < 1.29 is 17.0 Å². The maximum Gasteiger partial charge on any atom is 0.542 e. The van der Waals surface area contributed by atoms with Gasteiger partial charge in [0.1, 0.15) is 0 Å². The van der Waals surface area contributed by atoms with Crippen LogP contribution in [-0.4, -0.2) is 28.3 Å². The summed E-state index contributed by atoms with van der Waals surface area (Å²) in [5.74, 6) is 0. The lowest BCUT2D eigenvalue weighted by atomic mass is 10.8. The SMILES string of the molecule is O=S(=O)(On1cccn1)On1cccn1. The average Bonchev–Trinajstić information content (AvgIpc) is 2.75. The van der Waals surface area contributed by atoms with Crippen molar-refractivity contribution in [2.45, 2.75) is 0 Å². The lowest BCUT2D eigenvalue weighted by Gasteiger charge is -2.04. The molecule has 0 saturated carbocycles. The Morgan fingerprint density at radius 1 is 0.933 bits per heavy atom. The molecule has 8 nitrogen and oxygen atoms in total. The van der Waals surface area contributed by atoms with Crippen LogP contribution in [0.5, 0.6) is 0 Å². The molecule has 0 spiro atoms. The van der Waals surface area contributed by atoms with Crippen molar-refractivity contribution in [2.24, 2.45) is 0 Å². The molecule has 0 aliphatic carbocycles. The molecule has 15 heavy (non-hydrogen) atoms. The summed E-state index contributed by atoms with van der Waals surface area (Å²) < 4.78 is 31.2. The lowest BCUT2D eigenvalue weighted by Crippen LogP contribution is -2.30. The van der Waals surface area contributed by atoms with E-state index in [0.29, 0.717) is 0 Å². The van der Waals surface area contributed by atoms with E-state index in [2.05, 4.69) is 18.8 Å². The third-order valence-corrected chi connectivity index (χ3v) is 1.97. The fourth-order valence-corrected chi connectivity index (χ4v) is 1.38. The predicted octanol–water partition coefficient (Wildman–Crippen LogP) is -1.12. The van der Waals surface area contributed by atoms with E-state index in [1.807, 2.05) is 0 Å². The van der Waals surface area contributed by atoms with Gasteiger partial charge < -0.3 is 0 Å². The Morgan fingerprint density at radius 3 is 1.73 bits per heavy atom. The third-order valence-electron chi connectivity index (χ3n) is 1.30. The largest absolute Gasteiger partial charge is 0.542 e. The molecule has 2 aromatic rings. The van der Waals surface area contributed by atoms with Gasteiger partial charge in [-0.05, 0) is 12.1 Å². The Morgan fingerprint density at radius 2 is 1.40 bits per heavy atom. The van der Waals surface area contributed by atoms with Crippen molar-refractivity contribution in [3.8, 4) is 0 Å². The van der Waals surface area contributed by atoms with Crippen LogP contribution in [-0.2, 0) is 10.4 Å². The summed E-state index contributed by atoms with van der Waals surface area (Å²) in [5, 5.41) is 7.07. The van der Waals surface area contributed by atoms with Crippen LogP contribution in [0.4, 0.5) is 0 Å². The van der Waals surface area contributed by atoms with E-state index in [4.69, 9.17) is 0 Å². The molecule has 0 aromatic carbocycles. The number of aromatic nitrogens is 4. The zero-order chi connectivity index (χ0) is 10.7. The van der Waals surface area contributed by atoms with Crippen LogP contribution >= 0.6 is 0 Å². The smallest absolute Gasteiger partial charge is 0.238 e. The molecule has 0 saturated heterocycles. The number of hydrogen-bond donors (Lipinski definition) is 0. The molecule has 2 rings (SSSR count). The van der Waals surface area contributed by atoms with Gasteiger partial charge in [0.15, 0.2) is 0 Å². The second kappa shape index (κ2) is 3.61. The number of hydrogen-bond acceptors (Lipinski definition) is 6. The molecule has 0 amide bonds. The van der Waals surface area contributed by atoms with Crippen LogP contribution in [0.1, 0.15) is 0 Å². The van der Waals surface area contributed by atoms with Crippen LogP contribution in [0.15, 0.2) is 36.9 Å². The van der Waals surface area contributed by atoms with Crippen LogP contribution < -0.4 is 8.57 Å². The summed E-state index contributed by atoms with van der Waals surface area (Å²) in [6.07, 6.45) is 5.35. The van der Waals surface area contributed by atoms with Gasteiger partial charge in [0.25, 0.3) is 0 Å². The highest BCUT2D eigenvalue weighted by atomic mass is 32.3. The first-order valence-corrected chi connectivity index (χ1v) is 5.13. The van der Waals surface area contributed by atoms with E-state index in [1.54, 1.807) is 0 Å². The van der Waals surface area contributed by atoms with E-state index >= 15 is 0 Å². The van der Waals surface area contributed by atoms with Gasteiger partial charge in [0.2, 0.25) is 0 Å². The first-order chi connectivity index (χ1) is 7.16. The molecule has 2 heterocycles. The Hall–Kier alpha value is -2.03. The zero-order valence-corrected chi connectivity index (χ0v) is 8.11. The van der Waals surface area contributed by atoms with E-state index in [1.165, 1.54) is 36.9 Å². The Balaban J connectivity index is 2.08. The van der Waals surface area contributed by atoms with Gasteiger partial charge >= 0.3 is 10.4 Å². The monoisotopic (exact) mass is 230 g/mol. The first-order valence-electron chi connectivity index (χ1n) is 3.80.